The van der Waals surface area contributed by atoms with Crippen molar-refractivity contribution in [3.8, 4) is 0 Å². The number of carbonyl (C=O) groups is 1. The molecule has 2 saturated heterocycles. The van der Waals surface area contributed by atoms with Crippen LogP contribution in [0.4, 0.5) is 0 Å². The molecule has 1 spiro atoms. The molecule has 0 unspecified atom stereocenters. The Kier molecular flexibility index (Phi) is 4.31. The van der Waals surface area contributed by atoms with Gasteiger partial charge < -0.3 is 9.64 Å². The van der Waals surface area contributed by atoms with Crippen LogP contribution < -0.4 is 0 Å². The Morgan fingerprint density at radius 3 is 2.79 bits per heavy atom. The normalized spacial score (nSPS) is 24.5. The third-order valence-electron chi connectivity index (χ3n) is 5.61. The lowest BCUT2D eigenvalue weighted by Gasteiger charge is -2.47. The van der Waals surface area contributed by atoms with E-state index in [1.165, 1.54) is 12.8 Å². The van der Waals surface area contributed by atoms with E-state index in [2.05, 4.69) is 26.9 Å². The summed E-state index contributed by atoms with van der Waals surface area (Å²) < 4.78 is 6.04. The van der Waals surface area contributed by atoms with Crippen molar-refractivity contribution in [3.63, 3.8) is 0 Å². The molecule has 1 aromatic heterocycles. The number of morpholine rings is 1. The quantitative estimate of drug-likeness (QED) is 0.847. The van der Waals surface area contributed by atoms with Crippen molar-refractivity contribution in [2.75, 3.05) is 32.8 Å². The summed E-state index contributed by atoms with van der Waals surface area (Å²) in [6, 6.07) is 6.22. The summed E-state index contributed by atoms with van der Waals surface area (Å²) >= 11 is 0. The third-order valence-corrected chi connectivity index (χ3v) is 5.61. The van der Waals surface area contributed by atoms with Crippen molar-refractivity contribution >= 4 is 5.91 Å². The van der Waals surface area contributed by atoms with Crippen LogP contribution in [0, 0.1) is 12.8 Å². The molecule has 1 amide bonds. The molecule has 1 saturated carbocycles. The molecule has 1 aliphatic carbocycles. The monoisotopic (exact) mass is 329 g/mol. The molecule has 1 aromatic rings. The van der Waals surface area contributed by atoms with Gasteiger partial charge in [0.2, 0.25) is 5.91 Å². The van der Waals surface area contributed by atoms with Gasteiger partial charge in [-0.1, -0.05) is 6.07 Å². The molecule has 5 heteroatoms. The van der Waals surface area contributed by atoms with Crippen LogP contribution in [0.2, 0.25) is 0 Å². The molecule has 3 aliphatic rings. The maximum absolute atomic E-state index is 12.1. The zero-order chi connectivity index (χ0) is 16.6. The van der Waals surface area contributed by atoms with Crippen molar-refractivity contribution < 1.29 is 9.53 Å². The van der Waals surface area contributed by atoms with E-state index >= 15 is 0 Å². The number of amides is 1. The van der Waals surface area contributed by atoms with Gasteiger partial charge in [0.1, 0.15) is 6.61 Å². The number of hydrogen-bond acceptors (Lipinski definition) is 4. The molecule has 0 aromatic carbocycles. The smallest absolute Gasteiger partial charge is 0.248 e. The summed E-state index contributed by atoms with van der Waals surface area (Å²) in [7, 11) is 0. The second-order valence-corrected chi connectivity index (χ2v) is 7.74. The number of piperidine rings is 1. The molecule has 5 nitrogen and oxygen atoms in total. The van der Waals surface area contributed by atoms with Crippen LogP contribution in [-0.2, 0) is 16.1 Å². The van der Waals surface area contributed by atoms with Gasteiger partial charge in [0, 0.05) is 38.4 Å². The van der Waals surface area contributed by atoms with Crippen LogP contribution in [0.1, 0.15) is 37.1 Å². The van der Waals surface area contributed by atoms with Gasteiger partial charge in [-0.2, -0.15) is 0 Å². The molecule has 0 radical (unpaired) electrons. The first-order chi connectivity index (χ1) is 11.6. The SMILES string of the molecule is Cc1cccc(CN2CCC3(CC2)CN(CC2CC2)C(=O)CO3)n1. The van der Waals surface area contributed by atoms with Gasteiger partial charge >= 0.3 is 0 Å². The van der Waals surface area contributed by atoms with Crippen LogP contribution in [-0.4, -0.2) is 59.1 Å². The molecule has 3 heterocycles. The highest BCUT2D eigenvalue weighted by Gasteiger charge is 2.43. The summed E-state index contributed by atoms with van der Waals surface area (Å²) in [6.07, 6.45) is 4.59. The molecule has 0 N–H and O–H groups in total. The molecule has 0 atom stereocenters. The molecular formula is C19H27N3O2. The summed E-state index contributed by atoms with van der Waals surface area (Å²) in [5.74, 6) is 0.926. The lowest BCUT2D eigenvalue weighted by atomic mass is 9.89. The number of aromatic nitrogens is 1. The van der Waals surface area contributed by atoms with E-state index in [0.29, 0.717) is 0 Å². The van der Waals surface area contributed by atoms with Gasteiger partial charge in [0.15, 0.2) is 0 Å². The number of aryl methyl sites for hydroxylation is 1. The van der Waals surface area contributed by atoms with Crippen molar-refractivity contribution in [2.24, 2.45) is 5.92 Å². The van der Waals surface area contributed by atoms with Gasteiger partial charge in [0.05, 0.1) is 11.3 Å². The largest absolute Gasteiger partial charge is 0.363 e. The van der Waals surface area contributed by atoms with Crippen molar-refractivity contribution in [1.82, 2.24) is 14.8 Å². The van der Waals surface area contributed by atoms with Gasteiger partial charge in [-0.15, -0.1) is 0 Å². The van der Waals surface area contributed by atoms with E-state index in [0.717, 1.165) is 62.9 Å². The van der Waals surface area contributed by atoms with Crippen molar-refractivity contribution in [2.45, 2.75) is 44.8 Å². The first-order valence-corrected chi connectivity index (χ1v) is 9.19. The van der Waals surface area contributed by atoms with Crippen LogP contribution in [0.25, 0.3) is 0 Å². The highest BCUT2D eigenvalue weighted by atomic mass is 16.5. The second kappa shape index (κ2) is 6.45. The zero-order valence-corrected chi connectivity index (χ0v) is 14.5. The predicted octanol–water partition coefficient (Wildman–Crippen LogP) is 1.99. The fourth-order valence-electron chi connectivity index (χ4n) is 3.90. The number of likely N-dealkylation sites (tertiary alicyclic amines) is 1. The van der Waals surface area contributed by atoms with Crippen molar-refractivity contribution in [1.29, 1.82) is 0 Å². The van der Waals surface area contributed by atoms with Gasteiger partial charge in [0.25, 0.3) is 0 Å². The molecule has 3 fully saturated rings. The summed E-state index contributed by atoms with van der Waals surface area (Å²) in [5.41, 5.74) is 2.10. The molecule has 24 heavy (non-hydrogen) atoms. The second-order valence-electron chi connectivity index (χ2n) is 7.74. The Labute approximate surface area is 144 Å². The van der Waals surface area contributed by atoms with Crippen LogP contribution in [0.5, 0.6) is 0 Å². The molecule has 130 valence electrons. The molecular weight excluding hydrogens is 302 g/mol. The third kappa shape index (κ3) is 3.62. The van der Waals surface area contributed by atoms with Crippen LogP contribution in [0.3, 0.4) is 0 Å². The minimum absolute atomic E-state index is 0.112. The number of hydrogen-bond donors (Lipinski definition) is 0. The first kappa shape index (κ1) is 16.0. The Hall–Kier alpha value is -1.46. The Bertz CT molecular complexity index is 606. The molecule has 4 rings (SSSR count). The number of rotatable bonds is 4. The highest BCUT2D eigenvalue weighted by molar-refractivity contribution is 5.78. The fraction of sp³-hybridized carbons (Fsp3) is 0.684. The summed E-state index contributed by atoms with van der Waals surface area (Å²) in [6.45, 7) is 6.98. The predicted molar refractivity (Wildman–Crippen MR) is 91.5 cm³/mol. The van der Waals surface area contributed by atoms with E-state index < -0.39 is 0 Å². The minimum atomic E-state index is -0.112. The van der Waals surface area contributed by atoms with Gasteiger partial charge in [-0.05, 0) is 50.7 Å². The summed E-state index contributed by atoms with van der Waals surface area (Å²) in [4.78, 5) is 21.2. The average Bonchev–Trinajstić information content (AvgIpc) is 3.38. The Morgan fingerprint density at radius 1 is 1.29 bits per heavy atom. The van der Waals surface area contributed by atoms with E-state index in [9.17, 15) is 4.79 Å². The van der Waals surface area contributed by atoms with Gasteiger partial charge in [-0.3, -0.25) is 14.7 Å². The van der Waals surface area contributed by atoms with E-state index in [-0.39, 0.29) is 18.1 Å². The number of nitrogens with zero attached hydrogens (tertiary/aromatic N) is 3. The van der Waals surface area contributed by atoms with Gasteiger partial charge in [-0.25, -0.2) is 0 Å². The Balaban J connectivity index is 1.33. The van der Waals surface area contributed by atoms with Crippen LogP contribution in [0.15, 0.2) is 18.2 Å². The fourth-order valence-corrected chi connectivity index (χ4v) is 3.90. The zero-order valence-electron chi connectivity index (χ0n) is 14.5. The number of carbonyl (C=O) groups excluding carboxylic acids is 1. The van der Waals surface area contributed by atoms with E-state index in [1.807, 2.05) is 13.0 Å². The number of ether oxygens (including phenoxy) is 1. The average molecular weight is 329 g/mol. The Morgan fingerprint density at radius 2 is 2.08 bits per heavy atom. The minimum Gasteiger partial charge on any atom is -0.363 e. The maximum atomic E-state index is 12.1. The summed E-state index contributed by atoms with van der Waals surface area (Å²) in [5, 5.41) is 0. The topological polar surface area (TPSA) is 45.7 Å². The van der Waals surface area contributed by atoms with E-state index in [4.69, 9.17) is 4.74 Å². The van der Waals surface area contributed by atoms with E-state index in [1.54, 1.807) is 0 Å². The van der Waals surface area contributed by atoms with Crippen molar-refractivity contribution in [3.05, 3.63) is 29.6 Å². The van der Waals surface area contributed by atoms with Crippen LogP contribution >= 0.6 is 0 Å². The lowest BCUT2D eigenvalue weighted by molar-refractivity contribution is -0.172. The first-order valence-electron chi connectivity index (χ1n) is 9.19. The standard InChI is InChI=1S/C19H27N3O2/c1-15-3-2-4-17(20-15)12-21-9-7-19(8-10-21)14-22(11-16-5-6-16)18(23)13-24-19/h2-4,16H,5-14H2,1H3. The highest BCUT2D eigenvalue weighted by Crippen LogP contribution is 2.34. The maximum Gasteiger partial charge on any atom is 0.248 e. The molecule has 0 bridgehead atoms. The number of pyridine rings is 1. The lowest BCUT2D eigenvalue weighted by Crippen LogP contribution is -2.58. The molecule has 2 aliphatic heterocycles.